The van der Waals surface area contributed by atoms with Crippen LogP contribution in [0.4, 0.5) is 0 Å². The number of thiazole rings is 1. The van der Waals surface area contributed by atoms with E-state index in [2.05, 4.69) is 15.5 Å². The zero-order valence-corrected chi connectivity index (χ0v) is 17.2. The summed E-state index contributed by atoms with van der Waals surface area (Å²) in [5, 5.41) is 6.03. The molecule has 5 rings (SSSR count). The van der Waals surface area contributed by atoms with Gasteiger partial charge in [0.05, 0.1) is 23.5 Å². The molecule has 0 aliphatic rings. The number of carbonyl (C=O) groups excluding carboxylic acids is 1. The van der Waals surface area contributed by atoms with Gasteiger partial charge in [0.25, 0.3) is 11.5 Å². The summed E-state index contributed by atoms with van der Waals surface area (Å²) in [6.45, 7) is 0. The van der Waals surface area contributed by atoms with Crippen LogP contribution in [0, 0.1) is 0 Å². The Bertz CT molecular complexity index is 1550. The van der Waals surface area contributed by atoms with Gasteiger partial charge >= 0.3 is 0 Å². The summed E-state index contributed by atoms with van der Waals surface area (Å²) in [7, 11) is 1.58. The summed E-state index contributed by atoms with van der Waals surface area (Å²) in [5.41, 5.74) is 3.37. The number of amides is 1. The largest absolute Gasteiger partial charge is 0.496 e. The van der Waals surface area contributed by atoms with Crippen molar-refractivity contribution in [3.05, 3.63) is 88.3 Å². The van der Waals surface area contributed by atoms with E-state index in [1.807, 2.05) is 60.7 Å². The molecule has 1 N–H and O–H groups in total. The second kappa shape index (κ2) is 7.66. The molecule has 152 valence electrons. The molecule has 5 aromatic rings. The smallest absolute Gasteiger partial charge is 0.278 e. The third kappa shape index (κ3) is 3.23. The number of hydrogen-bond donors (Lipinski definition) is 1. The van der Waals surface area contributed by atoms with Gasteiger partial charge in [0, 0.05) is 11.8 Å². The van der Waals surface area contributed by atoms with Crippen molar-refractivity contribution in [2.45, 2.75) is 0 Å². The predicted octanol–water partition coefficient (Wildman–Crippen LogP) is 3.83. The Morgan fingerprint density at radius 3 is 2.81 bits per heavy atom. The van der Waals surface area contributed by atoms with Gasteiger partial charge in [0.1, 0.15) is 11.3 Å². The summed E-state index contributed by atoms with van der Waals surface area (Å²) in [6.07, 6.45) is 2.80. The number of hydrazone groups is 1. The highest BCUT2D eigenvalue weighted by Gasteiger charge is 2.16. The van der Waals surface area contributed by atoms with E-state index in [9.17, 15) is 9.59 Å². The predicted molar refractivity (Wildman–Crippen MR) is 122 cm³/mol. The summed E-state index contributed by atoms with van der Waals surface area (Å²) < 4.78 is 7.80. The van der Waals surface area contributed by atoms with Gasteiger partial charge in [0.2, 0.25) is 0 Å². The third-order valence-corrected chi connectivity index (χ3v) is 6.03. The average Bonchev–Trinajstić information content (AvgIpc) is 3.18. The van der Waals surface area contributed by atoms with E-state index in [-0.39, 0.29) is 5.56 Å². The standard InChI is InChI=1S/C23H16N4O3S/c1-30-19-11-10-14-6-2-3-7-15(14)16(19)13-25-26-21(28)17-12-24-23-27(22(17)29)18-8-4-5-9-20(18)31-23/h2-13H,1H3,(H,26,28)/b25-13+. The highest BCUT2D eigenvalue weighted by Crippen LogP contribution is 2.26. The van der Waals surface area contributed by atoms with Crippen molar-refractivity contribution in [2.24, 2.45) is 5.10 Å². The van der Waals surface area contributed by atoms with Crippen LogP contribution in [0.15, 0.2) is 76.8 Å². The lowest BCUT2D eigenvalue weighted by Gasteiger charge is -2.08. The number of nitrogens with one attached hydrogen (secondary N) is 1. The van der Waals surface area contributed by atoms with Crippen LogP contribution in [0.5, 0.6) is 5.75 Å². The van der Waals surface area contributed by atoms with Crippen LogP contribution in [-0.2, 0) is 0 Å². The van der Waals surface area contributed by atoms with E-state index in [4.69, 9.17) is 4.74 Å². The lowest BCUT2D eigenvalue weighted by Crippen LogP contribution is -2.28. The molecular formula is C23H16N4O3S. The van der Waals surface area contributed by atoms with Crippen molar-refractivity contribution in [2.75, 3.05) is 7.11 Å². The average molecular weight is 428 g/mol. The monoisotopic (exact) mass is 428 g/mol. The fourth-order valence-electron chi connectivity index (χ4n) is 3.51. The maximum atomic E-state index is 13.0. The minimum absolute atomic E-state index is 0.0805. The molecular weight excluding hydrogens is 412 g/mol. The van der Waals surface area contributed by atoms with E-state index < -0.39 is 11.5 Å². The number of carbonyl (C=O) groups is 1. The van der Waals surface area contributed by atoms with Crippen LogP contribution in [0.1, 0.15) is 15.9 Å². The molecule has 2 aromatic heterocycles. The normalized spacial score (nSPS) is 11.5. The zero-order chi connectivity index (χ0) is 21.4. The number of methoxy groups -OCH3 is 1. The molecule has 8 heteroatoms. The van der Waals surface area contributed by atoms with Gasteiger partial charge in [-0.3, -0.25) is 14.0 Å². The molecule has 0 saturated heterocycles. The van der Waals surface area contributed by atoms with Crippen LogP contribution >= 0.6 is 11.3 Å². The van der Waals surface area contributed by atoms with Gasteiger partial charge in [-0.15, -0.1) is 0 Å². The SMILES string of the molecule is COc1ccc2ccccc2c1/C=N/NC(=O)c1cnc2sc3ccccc3n2c1=O. The molecule has 0 aliphatic heterocycles. The molecule has 0 fully saturated rings. The molecule has 0 radical (unpaired) electrons. The molecule has 31 heavy (non-hydrogen) atoms. The Labute approximate surface area is 180 Å². The van der Waals surface area contributed by atoms with Gasteiger partial charge in [-0.1, -0.05) is 53.8 Å². The third-order valence-electron chi connectivity index (χ3n) is 4.99. The van der Waals surface area contributed by atoms with Crippen LogP contribution in [-0.4, -0.2) is 28.6 Å². The molecule has 0 spiro atoms. The first-order valence-electron chi connectivity index (χ1n) is 9.46. The molecule has 1 amide bonds. The molecule has 0 unspecified atom stereocenters. The highest BCUT2D eigenvalue weighted by molar-refractivity contribution is 7.23. The molecule has 0 bridgehead atoms. The Kier molecular flexibility index (Phi) is 4.68. The molecule has 0 aliphatic carbocycles. The first kappa shape index (κ1) is 19.0. The first-order chi connectivity index (χ1) is 15.2. The molecule has 0 atom stereocenters. The number of benzene rings is 3. The number of hydrogen-bond acceptors (Lipinski definition) is 6. The number of nitrogens with zero attached hydrogens (tertiary/aromatic N) is 3. The minimum atomic E-state index is -0.627. The number of rotatable bonds is 4. The number of aromatic nitrogens is 2. The van der Waals surface area contributed by atoms with Crippen LogP contribution in [0.3, 0.4) is 0 Å². The summed E-state index contributed by atoms with van der Waals surface area (Å²) in [6, 6.07) is 19.1. The Balaban J connectivity index is 1.49. The first-order valence-corrected chi connectivity index (χ1v) is 10.3. The van der Waals surface area contributed by atoms with Crippen molar-refractivity contribution in [1.82, 2.24) is 14.8 Å². The van der Waals surface area contributed by atoms with Crippen molar-refractivity contribution in [1.29, 1.82) is 0 Å². The molecule has 3 aromatic carbocycles. The molecule has 7 nitrogen and oxygen atoms in total. The van der Waals surface area contributed by atoms with Gasteiger partial charge in [-0.25, -0.2) is 10.4 Å². The topological polar surface area (TPSA) is 85.1 Å². The van der Waals surface area contributed by atoms with Crippen LogP contribution < -0.4 is 15.7 Å². The van der Waals surface area contributed by atoms with Gasteiger partial charge in [-0.05, 0) is 29.0 Å². The van der Waals surface area contributed by atoms with Crippen molar-refractivity contribution in [3.63, 3.8) is 0 Å². The lowest BCUT2D eigenvalue weighted by atomic mass is 10.0. The van der Waals surface area contributed by atoms with E-state index in [1.165, 1.54) is 28.1 Å². The Hall–Kier alpha value is -4.04. The maximum absolute atomic E-state index is 13.0. The molecule has 0 saturated carbocycles. The summed E-state index contributed by atoms with van der Waals surface area (Å²) in [5.74, 6) is 0.00207. The second-order valence-corrected chi connectivity index (χ2v) is 7.78. The zero-order valence-electron chi connectivity index (χ0n) is 16.4. The van der Waals surface area contributed by atoms with Crippen molar-refractivity contribution < 1.29 is 9.53 Å². The van der Waals surface area contributed by atoms with Gasteiger partial charge in [-0.2, -0.15) is 5.10 Å². The van der Waals surface area contributed by atoms with E-state index in [0.717, 1.165) is 26.6 Å². The van der Waals surface area contributed by atoms with Crippen molar-refractivity contribution in [3.8, 4) is 5.75 Å². The van der Waals surface area contributed by atoms with Gasteiger partial charge in [0.15, 0.2) is 4.96 Å². The highest BCUT2D eigenvalue weighted by atomic mass is 32.1. The fraction of sp³-hybridized carbons (Fsp3) is 0.0435. The number of ether oxygens (including phenoxy) is 1. The number of para-hydroxylation sites is 1. The maximum Gasteiger partial charge on any atom is 0.278 e. The van der Waals surface area contributed by atoms with Crippen molar-refractivity contribution >= 4 is 49.4 Å². The van der Waals surface area contributed by atoms with Crippen LogP contribution in [0.2, 0.25) is 0 Å². The Morgan fingerprint density at radius 2 is 1.94 bits per heavy atom. The molecule has 2 heterocycles. The quantitative estimate of drug-likeness (QED) is 0.348. The fourth-order valence-corrected chi connectivity index (χ4v) is 4.49. The van der Waals surface area contributed by atoms with E-state index >= 15 is 0 Å². The number of fused-ring (bicyclic) bond motifs is 4. The van der Waals surface area contributed by atoms with E-state index in [1.54, 1.807) is 7.11 Å². The van der Waals surface area contributed by atoms with Crippen LogP contribution in [0.25, 0.3) is 25.9 Å². The summed E-state index contributed by atoms with van der Waals surface area (Å²) in [4.78, 5) is 30.4. The van der Waals surface area contributed by atoms with E-state index in [0.29, 0.717) is 10.7 Å². The lowest BCUT2D eigenvalue weighted by molar-refractivity contribution is 0.0953. The second-order valence-electron chi connectivity index (χ2n) is 6.77. The Morgan fingerprint density at radius 1 is 1.13 bits per heavy atom. The summed E-state index contributed by atoms with van der Waals surface area (Å²) >= 11 is 1.39. The van der Waals surface area contributed by atoms with Gasteiger partial charge < -0.3 is 4.74 Å². The minimum Gasteiger partial charge on any atom is -0.496 e.